The van der Waals surface area contributed by atoms with Crippen LogP contribution in [0, 0.1) is 12.3 Å². The Balaban J connectivity index is 1.77. The van der Waals surface area contributed by atoms with Gasteiger partial charge in [-0.15, -0.1) is 6.42 Å². The third-order valence-electron chi connectivity index (χ3n) is 7.14. The van der Waals surface area contributed by atoms with Crippen LogP contribution in [0.1, 0.15) is 55.0 Å². The highest BCUT2D eigenvalue weighted by molar-refractivity contribution is 7.07. The topological polar surface area (TPSA) is 79.1 Å². The van der Waals surface area contributed by atoms with Crippen molar-refractivity contribution in [2.45, 2.75) is 32.7 Å². The molecule has 0 amide bonds. The van der Waals surface area contributed by atoms with Gasteiger partial charge in [-0.2, -0.15) is 0 Å². The largest absolute Gasteiger partial charge is 0.493 e. The maximum atomic E-state index is 14.2. The van der Waals surface area contributed by atoms with Gasteiger partial charge < -0.3 is 14.2 Å². The van der Waals surface area contributed by atoms with Crippen molar-refractivity contribution >= 4 is 40.7 Å². The molecule has 0 N–H and O–H groups in total. The molecule has 0 fully saturated rings. The van der Waals surface area contributed by atoms with Crippen LogP contribution in [0.2, 0.25) is 5.02 Å². The van der Waals surface area contributed by atoms with Crippen LogP contribution < -0.4 is 24.4 Å². The number of hydrogen-bond donors (Lipinski definition) is 0. The lowest BCUT2D eigenvalue weighted by atomic mass is 9.91. The van der Waals surface area contributed by atoms with Crippen molar-refractivity contribution < 1.29 is 19.0 Å². The van der Waals surface area contributed by atoms with Crippen molar-refractivity contribution in [1.29, 1.82) is 0 Å². The van der Waals surface area contributed by atoms with Gasteiger partial charge in [0.15, 0.2) is 16.3 Å². The molecule has 0 saturated heterocycles. The standard InChI is InChI=1S/C35H31ClN2O5S/c1-6-17-43-32-26(36)18-22(19-27(32)41-5)20-28-33(39)38-31(25-15-13-23(14-16-25)21(3)4)29(34(40)42-7-2)30(37-35(38)44-28)24-11-9-8-10-12-24/h1,8-16,18-21,31H,7,17H2,2-5H3/b28-20-/t31-/m0/s1. The minimum Gasteiger partial charge on any atom is -0.493 e. The molecule has 0 radical (unpaired) electrons. The van der Waals surface area contributed by atoms with Crippen molar-refractivity contribution in [3.8, 4) is 23.8 Å². The van der Waals surface area contributed by atoms with Crippen LogP contribution in [0.4, 0.5) is 0 Å². The maximum Gasteiger partial charge on any atom is 0.338 e. The molecule has 0 unspecified atom stereocenters. The Morgan fingerprint density at radius 1 is 1.16 bits per heavy atom. The number of thiazole rings is 1. The molecule has 0 bridgehead atoms. The minimum atomic E-state index is -0.762. The van der Waals surface area contributed by atoms with Gasteiger partial charge in [0.25, 0.3) is 5.56 Å². The Morgan fingerprint density at radius 3 is 2.52 bits per heavy atom. The molecule has 2 heterocycles. The van der Waals surface area contributed by atoms with Gasteiger partial charge in [0.05, 0.1) is 40.6 Å². The van der Waals surface area contributed by atoms with E-state index in [4.69, 9.17) is 37.2 Å². The SMILES string of the molecule is C#CCOc1c(Cl)cc(/C=c2\sc3n(c2=O)[C@@H](c2ccc(C(C)C)cc2)C(C(=O)OCC)=C(c2ccccc2)N=3)cc1OC. The van der Waals surface area contributed by atoms with E-state index in [1.54, 1.807) is 29.7 Å². The average Bonchev–Trinajstić information content (AvgIpc) is 3.34. The Labute approximate surface area is 264 Å². The van der Waals surface area contributed by atoms with Crippen molar-refractivity contribution in [2.24, 2.45) is 4.99 Å². The summed E-state index contributed by atoms with van der Waals surface area (Å²) in [5.74, 6) is 2.90. The second kappa shape index (κ2) is 13.4. The van der Waals surface area contributed by atoms with Crippen molar-refractivity contribution in [1.82, 2.24) is 4.57 Å². The number of terminal acetylenes is 1. The number of benzene rings is 3. The average molecular weight is 627 g/mol. The van der Waals surface area contributed by atoms with E-state index in [0.717, 1.165) is 16.7 Å². The lowest BCUT2D eigenvalue weighted by Crippen LogP contribution is -2.40. The summed E-state index contributed by atoms with van der Waals surface area (Å²) in [6.07, 6.45) is 7.06. The lowest BCUT2D eigenvalue weighted by Gasteiger charge is -2.26. The Bertz CT molecular complexity index is 1950. The number of carbonyl (C=O) groups excluding carboxylic acids is 1. The number of nitrogens with zero attached hydrogens (tertiary/aromatic N) is 2. The van der Waals surface area contributed by atoms with Crippen LogP contribution in [0.25, 0.3) is 11.8 Å². The number of carbonyl (C=O) groups is 1. The number of halogens is 1. The zero-order valence-corrected chi connectivity index (χ0v) is 26.4. The van der Waals surface area contributed by atoms with Crippen LogP contribution in [-0.2, 0) is 9.53 Å². The number of aromatic nitrogens is 1. The first-order valence-electron chi connectivity index (χ1n) is 14.1. The highest BCUT2D eigenvalue weighted by atomic mass is 35.5. The number of ether oxygens (including phenoxy) is 3. The molecule has 0 saturated carbocycles. The molecule has 44 heavy (non-hydrogen) atoms. The summed E-state index contributed by atoms with van der Waals surface area (Å²) in [6.45, 7) is 6.19. The van der Waals surface area contributed by atoms with Gasteiger partial charge in [-0.25, -0.2) is 9.79 Å². The molecule has 1 atom stereocenters. The molecule has 1 aromatic heterocycles. The highest BCUT2D eigenvalue weighted by Crippen LogP contribution is 2.37. The van der Waals surface area contributed by atoms with E-state index >= 15 is 0 Å². The second-order valence-corrected chi connectivity index (χ2v) is 11.7. The summed E-state index contributed by atoms with van der Waals surface area (Å²) in [6, 6.07) is 20.1. The Hall–Kier alpha value is -4.58. The van der Waals surface area contributed by atoms with E-state index in [-0.39, 0.29) is 23.8 Å². The maximum absolute atomic E-state index is 14.2. The normalized spacial score (nSPS) is 14.6. The first-order chi connectivity index (χ1) is 21.3. The quantitative estimate of drug-likeness (QED) is 0.175. The summed E-state index contributed by atoms with van der Waals surface area (Å²) in [5.41, 5.74) is 3.75. The predicted octanol–water partition coefficient (Wildman–Crippen LogP) is 5.73. The van der Waals surface area contributed by atoms with Gasteiger partial charge in [-0.05, 0) is 47.7 Å². The predicted molar refractivity (Wildman–Crippen MR) is 174 cm³/mol. The fraction of sp³-hybridized carbons (Fsp3) is 0.229. The van der Waals surface area contributed by atoms with E-state index in [2.05, 4.69) is 19.8 Å². The molecular weight excluding hydrogens is 596 g/mol. The Morgan fingerprint density at radius 2 is 1.89 bits per heavy atom. The van der Waals surface area contributed by atoms with Crippen LogP contribution in [-0.4, -0.2) is 30.9 Å². The zero-order valence-electron chi connectivity index (χ0n) is 24.8. The third kappa shape index (κ3) is 6.07. The third-order valence-corrected chi connectivity index (χ3v) is 8.41. The van der Waals surface area contributed by atoms with Crippen LogP contribution in [0.15, 0.2) is 82.1 Å². The summed E-state index contributed by atoms with van der Waals surface area (Å²) in [4.78, 5) is 33.2. The second-order valence-electron chi connectivity index (χ2n) is 10.3. The van der Waals surface area contributed by atoms with E-state index in [0.29, 0.717) is 43.6 Å². The van der Waals surface area contributed by atoms with Crippen LogP contribution >= 0.6 is 22.9 Å². The highest BCUT2D eigenvalue weighted by Gasteiger charge is 2.35. The fourth-order valence-electron chi connectivity index (χ4n) is 5.05. The van der Waals surface area contributed by atoms with Gasteiger partial charge in [-0.1, -0.05) is 97.3 Å². The number of hydrogen-bond acceptors (Lipinski definition) is 7. The molecule has 7 nitrogen and oxygen atoms in total. The molecule has 3 aromatic carbocycles. The molecule has 224 valence electrons. The minimum absolute atomic E-state index is 0.0265. The molecule has 1 aliphatic rings. The number of esters is 1. The molecule has 0 aliphatic carbocycles. The van der Waals surface area contributed by atoms with E-state index in [1.807, 2.05) is 54.6 Å². The lowest BCUT2D eigenvalue weighted by molar-refractivity contribution is -0.138. The number of rotatable bonds is 9. The number of methoxy groups -OCH3 is 1. The first-order valence-corrected chi connectivity index (χ1v) is 15.3. The van der Waals surface area contributed by atoms with E-state index < -0.39 is 12.0 Å². The van der Waals surface area contributed by atoms with Gasteiger partial charge in [0, 0.05) is 5.56 Å². The summed E-state index contributed by atoms with van der Waals surface area (Å²) in [7, 11) is 1.50. The molecule has 4 aromatic rings. The molecule has 5 rings (SSSR count). The van der Waals surface area contributed by atoms with E-state index in [1.165, 1.54) is 18.4 Å². The van der Waals surface area contributed by atoms with Crippen molar-refractivity contribution in [3.63, 3.8) is 0 Å². The summed E-state index contributed by atoms with van der Waals surface area (Å²) in [5, 5.41) is 0.290. The smallest absolute Gasteiger partial charge is 0.338 e. The molecular formula is C35H31ClN2O5S. The summed E-state index contributed by atoms with van der Waals surface area (Å²) < 4.78 is 18.6. The van der Waals surface area contributed by atoms with E-state index in [9.17, 15) is 9.59 Å². The van der Waals surface area contributed by atoms with Gasteiger partial charge in [-0.3, -0.25) is 9.36 Å². The monoisotopic (exact) mass is 626 g/mol. The molecule has 1 aliphatic heterocycles. The van der Waals surface area contributed by atoms with Crippen LogP contribution in [0.5, 0.6) is 11.5 Å². The fourth-order valence-corrected chi connectivity index (χ4v) is 6.32. The van der Waals surface area contributed by atoms with Gasteiger partial charge in [0.1, 0.15) is 6.61 Å². The van der Waals surface area contributed by atoms with Crippen molar-refractivity contribution in [2.75, 3.05) is 20.3 Å². The van der Waals surface area contributed by atoms with Gasteiger partial charge >= 0.3 is 5.97 Å². The Kier molecular flexibility index (Phi) is 9.38. The van der Waals surface area contributed by atoms with Gasteiger partial charge in [0.2, 0.25) is 0 Å². The number of fused-ring (bicyclic) bond motifs is 1. The molecule has 9 heteroatoms. The summed E-state index contributed by atoms with van der Waals surface area (Å²) >= 11 is 7.74. The zero-order chi connectivity index (χ0) is 31.4. The first kappa shape index (κ1) is 30.9. The van der Waals surface area contributed by atoms with Crippen molar-refractivity contribution in [3.05, 3.63) is 119 Å². The van der Waals surface area contributed by atoms with Crippen LogP contribution in [0.3, 0.4) is 0 Å². The molecule has 0 spiro atoms.